The van der Waals surface area contributed by atoms with Gasteiger partial charge < -0.3 is 14.2 Å². The van der Waals surface area contributed by atoms with Crippen molar-refractivity contribution in [3.05, 3.63) is 82.9 Å². The Morgan fingerprint density at radius 2 is 1.80 bits per heavy atom. The van der Waals surface area contributed by atoms with Crippen molar-refractivity contribution in [3.8, 4) is 22.6 Å². The standard InChI is InChI=1S/C25H23F2NO6S/c1-32-22(29)12-8-15-5-9-17(10-6-15)24-19-13-16(14-35(28,30)31)7-11-18(19)23-20(33-24)3-2-4-21(23)34-25(26)27/h2-7,9-11,13,24-25H,8,12,14H2,1H3,(H2,28,30,31). The van der Waals surface area contributed by atoms with Gasteiger partial charge in [0.15, 0.2) is 0 Å². The molecule has 0 aliphatic carbocycles. The maximum atomic E-state index is 13.1. The minimum Gasteiger partial charge on any atom is -0.480 e. The summed E-state index contributed by atoms with van der Waals surface area (Å²) in [5.74, 6) is -0.384. The van der Waals surface area contributed by atoms with E-state index in [4.69, 9.17) is 14.6 Å². The van der Waals surface area contributed by atoms with Crippen LogP contribution in [0.25, 0.3) is 11.1 Å². The monoisotopic (exact) mass is 503 g/mol. The summed E-state index contributed by atoms with van der Waals surface area (Å²) < 4.78 is 65.1. The zero-order valence-electron chi connectivity index (χ0n) is 18.7. The summed E-state index contributed by atoms with van der Waals surface area (Å²) in [5.41, 5.74) is 3.64. The molecule has 0 radical (unpaired) electrons. The number of esters is 1. The average Bonchev–Trinajstić information content (AvgIpc) is 2.81. The molecule has 3 aromatic rings. The van der Waals surface area contributed by atoms with Gasteiger partial charge in [0.25, 0.3) is 0 Å². The van der Waals surface area contributed by atoms with Crippen molar-refractivity contribution in [3.63, 3.8) is 0 Å². The molecule has 4 rings (SSSR count). The largest absolute Gasteiger partial charge is 0.480 e. The Labute approximate surface area is 201 Å². The van der Waals surface area contributed by atoms with Gasteiger partial charge >= 0.3 is 12.6 Å². The Kier molecular flexibility index (Phi) is 7.04. The number of rotatable bonds is 8. The summed E-state index contributed by atoms with van der Waals surface area (Å²) in [5, 5.41) is 5.23. The molecule has 0 aromatic heterocycles. The number of benzene rings is 3. The average molecular weight is 504 g/mol. The molecule has 0 amide bonds. The van der Waals surface area contributed by atoms with Crippen LogP contribution in [-0.2, 0) is 31.7 Å². The van der Waals surface area contributed by atoms with E-state index < -0.39 is 22.7 Å². The molecule has 1 aliphatic heterocycles. The number of ether oxygens (including phenoxy) is 3. The highest BCUT2D eigenvalue weighted by molar-refractivity contribution is 7.88. The number of methoxy groups -OCH3 is 1. The lowest BCUT2D eigenvalue weighted by Gasteiger charge is -2.31. The van der Waals surface area contributed by atoms with Crippen LogP contribution in [0.5, 0.6) is 11.5 Å². The molecular formula is C25H23F2NO6S. The lowest BCUT2D eigenvalue weighted by molar-refractivity contribution is -0.140. The highest BCUT2D eigenvalue weighted by Crippen LogP contribution is 2.49. The molecule has 0 fully saturated rings. The van der Waals surface area contributed by atoms with E-state index in [9.17, 15) is 22.0 Å². The number of carbonyl (C=O) groups excluding carboxylic acids is 1. The van der Waals surface area contributed by atoms with Crippen LogP contribution in [0.15, 0.2) is 60.7 Å². The molecule has 3 aromatic carbocycles. The summed E-state index contributed by atoms with van der Waals surface area (Å²) in [6.45, 7) is -3.03. The topological polar surface area (TPSA) is 105 Å². The van der Waals surface area contributed by atoms with E-state index in [0.717, 1.165) is 11.1 Å². The van der Waals surface area contributed by atoms with Crippen LogP contribution in [0.3, 0.4) is 0 Å². The summed E-state index contributed by atoms with van der Waals surface area (Å²) in [6, 6.07) is 17.0. The number of halogens is 2. The normalized spacial score (nSPS) is 14.6. The van der Waals surface area contributed by atoms with Crippen LogP contribution in [-0.4, -0.2) is 28.1 Å². The first-order valence-corrected chi connectivity index (χ1v) is 12.4. The van der Waals surface area contributed by atoms with Gasteiger partial charge in [0.1, 0.15) is 17.6 Å². The Morgan fingerprint density at radius 3 is 2.46 bits per heavy atom. The first-order chi connectivity index (χ1) is 16.6. The van der Waals surface area contributed by atoms with Crippen molar-refractivity contribution < 1.29 is 36.2 Å². The molecule has 184 valence electrons. The van der Waals surface area contributed by atoms with Crippen molar-refractivity contribution in [1.82, 2.24) is 0 Å². The third-order valence-corrected chi connectivity index (χ3v) is 6.35. The van der Waals surface area contributed by atoms with E-state index in [1.54, 1.807) is 30.3 Å². The summed E-state index contributed by atoms with van der Waals surface area (Å²) in [7, 11) is -2.46. The van der Waals surface area contributed by atoms with Crippen molar-refractivity contribution in [1.29, 1.82) is 0 Å². The third kappa shape index (κ3) is 5.77. The number of sulfonamides is 1. The molecule has 10 heteroatoms. The molecule has 7 nitrogen and oxygen atoms in total. The van der Waals surface area contributed by atoms with Gasteiger partial charge in [-0.3, -0.25) is 4.79 Å². The Bertz CT molecular complexity index is 1340. The van der Waals surface area contributed by atoms with Crippen molar-refractivity contribution in [2.45, 2.75) is 31.3 Å². The van der Waals surface area contributed by atoms with Crippen LogP contribution in [0.4, 0.5) is 8.78 Å². The van der Waals surface area contributed by atoms with E-state index in [0.29, 0.717) is 34.4 Å². The fraction of sp³-hybridized carbons (Fsp3) is 0.240. The number of carbonyl (C=O) groups is 1. The molecule has 0 saturated heterocycles. The van der Waals surface area contributed by atoms with Crippen molar-refractivity contribution in [2.75, 3.05) is 7.11 Å². The van der Waals surface area contributed by atoms with E-state index in [2.05, 4.69) is 4.74 Å². The fourth-order valence-corrected chi connectivity index (χ4v) is 4.74. The first kappa shape index (κ1) is 24.6. The number of hydrogen-bond donors (Lipinski definition) is 1. The van der Waals surface area contributed by atoms with E-state index in [1.807, 2.05) is 24.3 Å². The van der Waals surface area contributed by atoms with Gasteiger partial charge in [-0.15, -0.1) is 0 Å². The van der Waals surface area contributed by atoms with Gasteiger partial charge in [-0.05, 0) is 40.8 Å². The van der Waals surface area contributed by atoms with E-state index in [1.165, 1.54) is 13.2 Å². The van der Waals surface area contributed by atoms with Crippen LogP contribution in [0.1, 0.15) is 34.8 Å². The SMILES string of the molecule is COC(=O)CCc1ccc(C2Oc3cccc(OC(F)F)c3-c3ccc(CS(N)(=O)=O)cc32)cc1. The number of aryl methyl sites for hydroxylation is 1. The number of hydrogen-bond acceptors (Lipinski definition) is 6. The smallest absolute Gasteiger partial charge is 0.387 e. The Balaban J connectivity index is 1.76. The lowest BCUT2D eigenvalue weighted by Crippen LogP contribution is -2.18. The fourth-order valence-electron chi connectivity index (χ4n) is 4.09. The zero-order chi connectivity index (χ0) is 25.2. The predicted octanol–water partition coefficient (Wildman–Crippen LogP) is 4.33. The molecule has 2 N–H and O–H groups in total. The highest BCUT2D eigenvalue weighted by Gasteiger charge is 2.31. The second-order valence-corrected chi connectivity index (χ2v) is 9.67. The molecule has 1 atom stereocenters. The molecule has 1 aliphatic rings. The van der Waals surface area contributed by atoms with Gasteiger partial charge in [-0.2, -0.15) is 8.78 Å². The van der Waals surface area contributed by atoms with Gasteiger partial charge in [0.2, 0.25) is 10.0 Å². The van der Waals surface area contributed by atoms with Gasteiger partial charge in [0.05, 0.1) is 18.4 Å². The summed E-state index contributed by atoms with van der Waals surface area (Å²) in [4.78, 5) is 11.4. The number of primary sulfonamides is 1. The van der Waals surface area contributed by atoms with Gasteiger partial charge in [0, 0.05) is 12.0 Å². The predicted molar refractivity (Wildman–Crippen MR) is 125 cm³/mol. The maximum Gasteiger partial charge on any atom is 0.387 e. The molecule has 0 bridgehead atoms. The Hall–Kier alpha value is -3.50. The molecule has 0 spiro atoms. The number of alkyl halides is 2. The van der Waals surface area contributed by atoms with Crippen molar-refractivity contribution in [2.24, 2.45) is 5.14 Å². The molecular weight excluding hydrogens is 480 g/mol. The minimum absolute atomic E-state index is 0.0467. The first-order valence-electron chi connectivity index (χ1n) is 10.7. The van der Waals surface area contributed by atoms with Crippen LogP contribution < -0.4 is 14.6 Å². The maximum absolute atomic E-state index is 13.1. The lowest BCUT2D eigenvalue weighted by atomic mass is 9.87. The molecule has 1 heterocycles. The minimum atomic E-state index is -3.79. The van der Waals surface area contributed by atoms with Gasteiger partial charge in [-0.25, -0.2) is 13.6 Å². The summed E-state index contributed by atoms with van der Waals surface area (Å²) >= 11 is 0. The number of nitrogens with two attached hydrogens (primary N) is 1. The van der Waals surface area contributed by atoms with Crippen LogP contribution in [0.2, 0.25) is 0 Å². The van der Waals surface area contributed by atoms with Crippen LogP contribution >= 0.6 is 0 Å². The quantitative estimate of drug-likeness (QED) is 0.459. The van der Waals surface area contributed by atoms with Crippen LogP contribution in [0, 0.1) is 0 Å². The van der Waals surface area contributed by atoms with E-state index in [-0.39, 0.29) is 23.9 Å². The van der Waals surface area contributed by atoms with Crippen molar-refractivity contribution >= 4 is 16.0 Å². The third-order valence-electron chi connectivity index (χ3n) is 5.61. The zero-order valence-corrected chi connectivity index (χ0v) is 19.6. The van der Waals surface area contributed by atoms with E-state index >= 15 is 0 Å². The highest BCUT2D eigenvalue weighted by atomic mass is 32.2. The number of fused-ring (bicyclic) bond motifs is 3. The molecule has 1 unspecified atom stereocenters. The molecule has 0 saturated carbocycles. The second-order valence-electron chi connectivity index (χ2n) is 8.05. The second kappa shape index (κ2) is 10.0. The summed E-state index contributed by atoms with van der Waals surface area (Å²) in [6.07, 6.45) is 0.106. The Morgan fingerprint density at radius 1 is 1.09 bits per heavy atom. The molecule has 35 heavy (non-hydrogen) atoms. The van der Waals surface area contributed by atoms with Gasteiger partial charge in [-0.1, -0.05) is 48.5 Å².